The van der Waals surface area contributed by atoms with E-state index in [-0.39, 0.29) is 11.9 Å². The fourth-order valence-corrected chi connectivity index (χ4v) is 3.18. The summed E-state index contributed by atoms with van der Waals surface area (Å²) in [6.45, 7) is 5.73. The van der Waals surface area contributed by atoms with Gasteiger partial charge in [0.1, 0.15) is 17.3 Å². The van der Waals surface area contributed by atoms with Crippen LogP contribution in [-0.2, 0) is 6.54 Å². The minimum absolute atomic E-state index is 0.228. The van der Waals surface area contributed by atoms with Gasteiger partial charge in [-0.05, 0) is 56.6 Å². The molecule has 4 nitrogen and oxygen atoms in total. The van der Waals surface area contributed by atoms with Crippen LogP contribution >= 0.6 is 0 Å². The summed E-state index contributed by atoms with van der Waals surface area (Å²) < 4.78 is 19.4. The van der Waals surface area contributed by atoms with Crippen molar-refractivity contribution < 1.29 is 13.9 Å². The van der Waals surface area contributed by atoms with Crippen molar-refractivity contribution in [2.75, 3.05) is 26.2 Å². The van der Waals surface area contributed by atoms with Crippen molar-refractivity contribution in [3.05, 3.63) is 47.5 Å². The number of halogens is 1. The zero-order valence-corrected chi connectivity index (χ0v) is 14.1. The number of rotatable bonds is 7. The second-order valence-electron chi connectivity index (χ2n) is 6.47. The van der Waals surface area contributed by atoms with Crippen LogP contribution < -0.4 is 5.32 Å². The molecular formula is C19H25FN2O2. The Balaban J connectivity index is 1.50. The van der Waals surface area contributed by atoms with E-state index in [1.54, 1.807) is 13.0 Å². The maximum atomic E-state index is 13.6. The van der Waals surface area contributed by atoms with Crippen LogP contribution in [0.5, 0.6) is 0 Å². The fraction of sp³-hybridized carbons (Fsp3) is 0.474. The number of nitrogens with zero attached hydrogens (tertiary/aromatic N) is 1. The Hall–Kier alpha value is -1.69. The van der Waals surface area contributed by atoms with Crippen LogP contribution in [-0.4, -0.2) is 42.3 Å². The Morgan fingerprint density at radius 3 is 2.83 bits per heavy atom. The third kappa shape index (κ3) is 4.23. The number of likely N-dealkylation sites (tertiary alicyclic amines) is 1. The molecule has 1 aliphatic rings. The lowest BCUT2D eigenvalue weighted by atomic mass is 10.1. The van der Waals surface area contributed by atoms with Crippen LogP contribution in [0.25, 0.3) is 11.3 Å². The van der Waals surface area contributed by atoms with Crippen molar-refractivity contribution in [2.45, 2.75) is 32.4 Å². The summed E-state index contributed by atoms with van der Waals surface area (Å²) in [6.07, 6.45) is 2.09. The summed E-state index contributed by atoms with van der Waals surface area (Å²) in [6, 6.07) is 8.74. The number of nitrogens with one attached hydrogen (secondary N) is 1. The number of benzene rings is 1. The van der Waals surface area contributed by atoms with E-state index in [9.17, 15) is 9.50 Å². The van der Waals surface area contributed by atoms with E-state index in [0.717, 1.165) is 31.0 Å². The van der Waals surface area contributed by atoms with Gasteiger partial charge in [0.05, 0.1) is 12.6 Å². The predicted molar refractivity (Wildman–Crippen MR) is 92.2 cm³/mol. The van der Waals surface area contributed by atoms with Crippen LogP contribution in [0.15, 0.2) is 34.7 Å². The zero-order chi connectivity index (χ0) is 16.9. The number of β-amino-alcohol motifs (C(OH)–C–C–N with tert-alkyl or cyclic N) is 1. The average Bonchev–Trinajstić information content (AvgIpc) is 3.22. The lowest BCUT2D eigenvalue weighted by molar-refractivity contribution is 0.123. The molecule has 130 valence electrons. The summed E-state index contributed by atoms with van der Waals surface area (Å²) in [5.74, 6) is 1.22. The van der Waals surface area contributed by atoms with E-state index < -0.39 is 0 Å². The minimum atomic E-state index is -0.372. The van der Waals surface area contributed by atoms with Gasteiger partial charge < -0.3 is 19.7 Å². The monoisotopic (exact) mass is 332 g/mol. The average molecular weight is 332 g/mol. The minimum Gasteiger partial charge on any atom is -0.460 e. The molecule has 0 bridgehead atoms. The second-order valence-corrected chi connectivity index (χ2v) is 6.47. The Bertz CT molecular complexity index is 665. The standard InChI is InChI=1S/C19H25FN2O2/c1-14-17(5-4-6-18(14)20)19-8-7-16(24-19)12-21-11-15(23)13-22-9-2-3-10-22/h4-8,15,21,23H,2-3,9-13H2,1H3. The van der Waals surface area contributed by atoms with Gasteiger partial charge in [-0.3, -0.25) is 0 Å². The lowest BCUT2D eigenvalue weighted by Crippen LogP contribution is -2.36. The molecule has 0 aliphatic carbocycles. The molecule has 0 saturated carbocycles. The first-order chi connectivity index (χ1) is 11.6. The highest BCUT2D eigenvalue weighted by molar-refractivity contribution is 5.62. The molecule has 3 rings (SSSR count). The van der Waals surface area contributed by atoms with Crippen LogP contribution in [0.2, 0.25) is 0 Å². The van der Waals surface area contributed by atoms with Gasteiger partial charge >= 0.3 is 0 Å². The van der Waals surface area contributed by atoms with E-state index in [0.29, 0.717) is 24.4 Å². The van der Waals surface area contributed by atoms with Gasteiger partial charge in [-0.25, -0.2) is 4.39 Å². The molecule has 1 aliphatic heterocycles. The second kappa shape index (κ2) is 7.92. The first kappa shape index (κ1) is 17.1. The summed E-state index contributed by atoms with van der Waals surface area (Å²) in [5, 5.41) is 13.3. The van der Waals surface area contributed by atoms with Gasteiger partial charge in [0.15, 0.2) is 0 Å². The van der Waals surface area contributed by atoms with Crippen molar-refractivity contribution in [1.82, 2.24) is 10.2 Å². The van der Waals surface area contributed by atoms with E-state index in [2.05, 4.69) is 10.2 Å². The van der Waals surface area contributed by atoms with Gasteiger partial charge in [-0.2, -0.15) is 0 Å². The summed E-state index contributed by atoms with van der Waals surface area (Å²) in [7, 11) is 0. The quantitative estimate of drug-likeness (QED) is 0.818. The van der Waals surface area contributed by atoms with Gasteiger partial charge in [0.25, 0.3) is 0 Å². The van der Waals surface area contributed by atoms with Gasteiger partial charge in [0, 0.05) is 18.7 Å². The highest BCUT2D eigenvalue weighted by Crippen LogP contribution is 2.26. The molecule has 2 heterocycles. The maximum Gasteiger partial charge on any atom is 0.134 e. The summed E-state index contributed by atoms with van der Waals surface area (Å²) >= 11 is 0. The van der Waals surface area contributed by atoms with Gasteiger partial charge in [0.2, 0.25) is 0 Å². The Morgan fingerprint density at radius 2 is 2.04 bits per heavy atom. The van der Waals surface area contributed by atoms with Crippen molar-refractivity contribution in [2.24, 2.45) is 0 Å². The molecule has 1 unspecified atom stereocenters. The zero-order valence-electron chi connectivity index (χ0n) is 14.1. The Labute approximate surface area is 142 Å². The topological polar surface area (TPSA) is 48.6 Å². The third-order valence-corrected chi connectivity index (χ3v) is 4.54. The van der Waals surface area contributed by atoms with Crippen LogP contribution in [0.4, 0.5) is 4.39 Å². The molecule has 5 heteroatoms. The first-order valence-corrected chi connectivity index (χ1v) is 8.59. The molecule has 1 aromatic heterocycles. The van der Waals surface area contributed by atoms with E-state index in [1.165, 1.54) is 18.9 Å². The van der Waals surface area contributed by atoms with Crippen LogP contribution in [0, 0.1) is 12.7 Å². The number of hydrogen-bond acceptors (Lipinski definition) is 4. The molecule has 0 radical (unpaired) electrons. The highest BCUT2D eigenvalue weighted by atomic mass is 19.1. The summed E-state index contributed by atoms with van der Waals surface area (Å²) in [5.41, 5.74) is 1.36. The van der Waals surface area contributed by atoms with Gasteiger partial charge in [-0.1, -0.05) is 12.1 Å². The molecule has 1 saturated heterocycles. The van der Waals surface area contributed by atoms with Crippen LogP contribution in [0.1, 0.15) is 24.2 Å². The Morgan fingerprint density at radius 1 is 1.25 bits per heavy atom. The maximum absolute atomic E-state index is 13.6. The van der Waals surface area contributed by atoms with Crippen molar-refractivity contribution in [3.8, 4) is 11.3 Å². The molecule has 24 heavy (non-hydrogen) atoms. The molecular weight excluding hydrogens is 307 g/mol. The number of aliphatic hydroxyl groups is 1. The summed E-state index contributed by atoms with van der Waals surface area (Å²) in [4.78, 5) is 2.30. The highest BCUT2D eigenvalue weighted by Gasteiger charge is 2.15. The van der Waals surface area contributed by atoms with E-state index in [4.69, 9.17) is 4.42 Å². The smallest absolute Gasteiger partial charge is 0.134 e. The third-order valence-electron chi connectivity index (χ3n) is 4.54. The largest absolute Gasteiger partial charge is 0.460 e. The van der Waals surface area contributed by atoms with Gasteiger partial charge in [-0.15, -0.1) is 0 Å². The van der Waals surface area contributed by atoms with Crippen LogP contribution in [0.3, 0.4) is 0 Å². The molecule has 1 aromatic carbocycles. The number of furan rings is 1. The predicted octanol–water partition coefficient (Wildman–Crippen LogP) is 2.94. The van der Waals surface area contributed by atoms with E-state index >= 15 is 0 Å². The molecule has 0 spiro atoms. The Kier molecular flexibility index (Phi) is 5.66. The van der Waals surface area contributed by atoms with Crippen molar-refractivity contribution in [3.63, 3.8) is 0 Å². The fourth-order valence-electron chi connectivity index (χ4n) is 3.18. The normalized spacial score (nSPS) is 16.6. The molecule has 0 amide bonds. The molecule has 1 atom stereocenters. The molecule has 2 aromatic rings. The molecule has 2 N–H and O–H groups in total. The van der Waals surface area contributed by atoms with E-state index in [1.807, 2.05) is 18.2 Å². The lowest BCUT2D eigenvalue weighted by Gasteiger charge is -2.19. The number of hydrogen-bond donors (Lipinski definition) is 2. The van der Waals surface area contributed by atoms with Crippen molar-refractivity contribution >= 4 is 0 Å². The number of aliphatic hydroxyl groups excluding tert-OH is 1. The first-order valence-electron chi connectivity index (χ1n) is 8.59. The molecule has 1 fully saturated rings. The van der Waals surface area contributed by atoms with Crippen molar-refractivity contribution in [1.29, 1.82) is 0 Å². The SMILES string of the molecule is Cc1c(F)cccc1-c1ccc(CNCC(O)CN2CCCC2)o1.